The van der Waals surface area contributed by atoms with Crippen LogP contribution in [0.25, 0.3) is 0 Å². The van der Waals surface area contributed by atoms with Crippen molar-refractivity contribution in [3.8, 4) is 0 Å². The molecule has 1 heterocycles. The van der Waals surface area contributed by atoms with E-state index >= 15 is 0 Å². The molecular formula is C13H17ClN2O2. The number of nitrogens with zero attached hydrogens (tertiary/aromatic N) is 1. The van der Waals surface area contributed by atoms with E-state index in [1.54, 1.807) is 6.07 Å². The smallest absolute Gasteiger partial charge is 0.254 e. The first-order valence-electron chi connectivity index (χ1n) is 6.13. The molecule has 1 aromatic rings. The summed E-state index contributed by atoms with van der Waals surface area (Å²) in [4.78, 5) is 16.0. The Labute approximate surface area is 111 Å². The van der Waals surface area contributed by atoms with Gasteiger partial charge in [0.05, 0.1) is 16.2 Å². The summed E-state index contributed by atoms with van der Waals surface area (Å²) in [7, 11) is 0. The van der Waals surface area contributed by atoms with Crippen LogP contribution < -0.4 is 5.32 Å². The molecule has 1 fully saturated rings. The maximum Gasteiger partial charge on any atom is 0.254 e. The summed E-state index contributed by atoms with van der Waals surface area (Å²) in [5, 5.41) is 13.3. The van der Waals surface area contributed by atoms with Crippen LogP contribution in [0, 0.1) is 6.92 Å². The molecular weight excluding hydrogens is 252 g/mol. The SMILES string of the molecule is Cc1cc(Cl)c(C(=O)NCC2(O)CCCC2)cn1. The van der Waals surface area contributed by atoms with Crippen molar-refractivity contribution in [3.63, 3.8) is 0 Å². The first-order chi connectivity index (χ1) is 8.50. The number of aryl methyl sites for hydroxylation is 1. The zero-order valence-corrected chi connectivity index (χ0v) is 11.1. The molecule has 2 N–H and O–H groups in total. The zero-order valence-electron chi connectivity index (χ0n) is 10.4. The Morgan fingerprint density at radius 3 is 2.83 bits per heavy atom. The van der Waals surface area contributed by atoms with Gasteiger partial charge in [-0.3, -0.25) is 9.78 Å². The second kappa shape index (κ2) is 5.24. The molecule has 0 spiro atoms. The molecule has 0 unspecified atom stereocenters. The third-order valence-corrected chi connectivity index (χ3v) is 3.66. The van der Waals surface area contributed by atoms with Gasteiger partial charge in [-0.25, -0.2) is 0 Å². The summed E-state index contributed by atoms with van der Waals surface area (Å²) in [5.74, 6) is -0.284. The minimum Gasteiger partial charge on any atom is -0.388 e. The quantitative estimate of drug-likeness (QED) is 0.882. The van der Waals surface area contributed by atoms with Gasteiger partial charge in [-0.05, 0) is 25.8 Å². The summed E-state index contributed by atoms with van der Waals surface area (Å²) in [6, 6.07) is 1.65. The van der Waals surface area contributed by atoms with Gasteiger partial charge in [0.25, 0.3) is 5.91 Å². The Morgan fingerprint density at radius 1 is 1.56 bits per heavy atom. The van der Waals surface area contributed by atoms with Crippen LogP contribution in [-0.4, -0.2) is 28.1 Å². The predicted molar refractivity (Wildman–Crippen MR) is 69.7 cm³/mol. The Bertz CT molecular complexity index is 456. The van der Waals surface area contributed by atoms with E-state index < -0.39 is 5.60 Å². The van der Waals surface area contributed by atoms with Crippen molar-refractivity contribution in [1.82, 2.24) is 10.3 Å². The van der Waals surface area contributed by atoms with Gasteiger partial charge < -0.3 is 10.4 Å². The monoisotopic (exact) mass is 268 g/mol. The number of nitrogens with one attached hydrogen (secondary N) is 1. The predicted octanol–water partition coefficient (Wildman–Crippen LogP) is 2.08. The van der Waals surface area contributed by atoms with Gasteiger partial charge in [0, 0.05) is 18.4 Å². The fraction of sp³-hybridized carbons (Fsp3) is 0.538. The van der Waals surface area contributed by atoms with Gasteiger partial charge in [0.1, 0.15) is 0 Å². The van der Waals surface area contributed by atoms with Crippen LogP contribution in [0.3, 0.4) is 0 Å². The van der Waals surface area contributed by atoms with Crippen molar-refractivity contribution in [2.75, 3.05) is 6.54 Å². The van der Waals surface area contributed by atoms with Crippen molar-refractivity contribution >= 4 is 17.5 Å². The fourth-order valence-corrected chi connectivity index (χ4v) is 2.54. The molecule has 0 atom stereocenters. The van der Waals surface area contributed by atoms with E-state index in [9.17, 15) is 9.90 Å². The zero-order chi connectivity index (χ0) is 13.2. The van der Waals surface area contributed by atoms with E-state index in [2.05, 4.69) is 10.3 Å². The number of aromatic nitrogens is 1. The Kier molecular flexibility index (Phi) is 3.88. The summed E-state index contributed by atoms with van der Waals surface area (Å²) in [6.07, 6.45) is 4.98. The number of carbonyl (C=O) groups excluding carboxylic acids is 1. The Morgan fingerprint density at radius 2 is 2.22 bits per heavy atom. The third kappa shape index (κ3) is 3.00. The topological polar surface area (TPSA) is 62.2 Å². The third-order valence-electron chi connectivity index (χ3n) is 3.35. The molecule has 1 aromatic heterocycles. The molecule has 18 heavy (non-hydrogen) atoms. The van der Waals surface area contributed by atoms with Crippen LogP contribution in [0.1, 0.15) is 41.7 Å². The van der Waals surface area contributed by atoms with E-state index in [0.29, 0.717) is 10.6 Å². The highest BCUT2D eigenvalue weighted by atomic mass is 35.5. The number of hydrogen-bond donors (Lipinski definition) is 2. The molecule has 0 aliphatic heterocycles. The molecule has 98 valence electrons. The molecule has 1 aliphatic rings. The van der Waals surface area contributed by atoms with Gasteiger partial charge in [-0.1, -0.05) is 24.4 Å². The molecule has 0 saturated heterocycles. The van der Waals surface area contributed by atoms with E-state index in [1.807, 2.05) is 6.92 Å². The van der Waals surface area contributed by atoms with E-state index in [0.717, 1.165) is 31.4 Å². The average molecular weight is 269 g/mol. The number of amides is 1. The number of carbonyl (C=O) groups is 1. The molecule has 0 bridgehead atoms. The number of aliphatic hydroxyl groups is 1. The fourth-order valence-electron chi connectivity index (χ4n) is 2.24. The number of pyridine rings is 1. The summed E-state index contributed by atoms with van der Waals surface area (Å²) in [6.45, 7) is 2.09. The van der Waals surface area contributed by atoms with E-state index in [-0.39, 0.29) is 12.5 Å². The lowest BCUT2D eigenvalue weighted by molar-refractivity contribution is 0.0449. The van der Waals surface area contributed by atoms with Gasteiger partial charge in [0.15, 0.2) is 0 Å². The highest BCUT2D eigenvalue weighted by molar-refractivity contribution is 6.33. The standard InChI is InChI=1S/C13H17ClN2O2/c1-9-6-11(14)10(7-15-9)12(17)16-8-13(18)4-2-3-5-13/h6-7,18H,2-5,8H2,1H3,(H,16,17). The molecule has 1 saturated carbocycles. The Balaban J connectivity index is 1.99. The summed E-state index contributed by atoms with van der Waals surface area (Å²) >= 11 is 5.99. The van der Waals surface area contributed by atoms with Gasteiger partial charge >= 0.3 is 0 Å². The van der Waals surface area contributed by atoms with Crippen LogP contribution in [0.4, 0.5) is 0 Å². The van der Waals surface area contributed by atoms with E-state index in [4.69, 9.17) is 11.6 Å². The molecule has 5 heteroatoms. The second-order valence-electron chi connectivity index (χ2n) is 4.92. The van der Waals surface area contributed by atoms with Crippen molar-refractivity contribution in [2.24, 2.45) is 0 Å². The lowest BCUT2D eigenvalue weighted by Gasteiger charge is -2.22. The second-order valence-corrected chi connectivity index (χ2v) is 5.33. The van der Waals surface area contributed by atoms with Gasteiger partial charge in [-0.15, -0.1) is 0 Å². The Hall–Kier alpha value is -1.13. The lowest BCUT2D eigenvalue weighted by atomic mass is 10.0. The number of hydrogen-bond acceptors (Lipinski definition) is 3. The lowest BCUT2D eigenvalue weighted by Crippen LogP contribution is -2.40. The molecule has 2 rings (SSSR count). The van der Waals surface area contributed by atoms with E-state index in [1.165, 1.54) is 6.20 Å². The molecule has 0 radical (unpaired) electrons. The van der Waals surface area contributed by atoms with Gasteiger partial charge in [-0.2, -0.15) is 0 Å². The highest BCUT2D eigenvalue weighted by Gasteiger charge is 2.31. The van der Waals surface area contributed by atoms with Crippen LogP contribution in [-0.2, 0) is 0 Å². The maximum absolute atomic E-state index is 11.9. The van der Waals surface area contributed by atoms with Crippen LogP contribution >= 0.6 is 11.6 Å². The molecule has 1 aliphatic carbocycles. The van der Waals surface area contributed by atoms with Crippen molar-refractivity contribution in [3.05, 3.63) is 28.5 Å². The normalized spacial score (nSPS) is 17.7. The van der Waals surface area contributed by atoms with Crippen molar-refractivity contribution < 1.29 is 9.90 Å². The highest BCUT2D eigenvalue weighted by Crippen LogP contribution is 2.28. The molecule has 1 amide bonds. The summed E-state index contributed by atoms with van der Waals surface area (Å²) in [5.41, 5.74) is 0.370. The van der Waals surface area contributed by atoms with Crippen LogP contribution in [0.5, 0.6) is 0 Å². The van der Waals surface area contributed by atoms with Crippen LogP contribution in [0.15, 0.2) is 12.3 Å². The number of rotatable bonds is 3. The largest absolute Gasteiger partial charge is 0.388 e. The maximum atomic E-state index is 11.9. The molecule has 0 aromatic carbocycles. The minimum atomic E-state index is -0.750. The first kappa shape index (κ1) is 13.3. The van der Waals surface area contributed by atoms with Gasteiger partial charge in [0.2, 0.25) is 0 Å². The summed E-state index contributed by atoms with van der Waals surface area (Å²) < 4.78 is 0. The van der Waals surface area contributed by atoms with Crippen LogP contribution in [0.2, 0.25) is 5.02 Å². The minimum absolute atomic E-state index is 0.274. The average Bonchev–Trinajstić information content (AvgIpc) is 2.74. The van der Waals surface area contributed by atoms with Crippen molar-refractivity contribution in [2.45, 2.75) is 38.2 Å². The molecule has 4 nitrogen and oxygen atoms in total. The van der Waals surface area contributed by atoms with Crippen molar-refractivity contribution in [1.29, 1.82) is 0 Å². The first-order valence-corrected chi connectivity index (χ1v) is 6.51. The number of halogens is 1.